The largest absolute Gasteiger partial charge is 0.465 e. The number of amides is 2. The van der Waals surface area contributed by atoms with Crippen molar-refractivity contribution in [2.45, 2.75) is 13.0 Å². The Morgan fingerprint density at radius 3 is 2.83 bits per heavy atom. The maximum absolute atomic E-state index is 11.8. The monoisotopic (exact) mass is 249 g/mol. The first-order chi connectivity index (χ1) is 8.56. The zero-order valence-electron chi connectivity index (χ0n) is 10.3. The van der Waals surface area contributed by atoms with Gasteiger partial charge in [-0.3, -0.25) is 4.90 Å². The summed E-state index contributed by atoms with van der Waals surface area (Å²) in [5.41, 5.74) is 6.80. The smallest absolute Gasteiger partial charge is 0.342 e. The van der Waals surface area contributed by atoms with Gasteiger partial charge in [0, 0.05) is 12.2 Å². The first-order valence-electron chi connectivity index (χ1n) is 5.60. The van der Waals surface area contributed by atoms with E-state index >= 15 is 0 Å². The van der Waals surface area contributed by atoms with Crippen LogP contribution in [0.25, 0.3) is 0 Å². The van der Waals surface area contributed by atoms with E-state index in [4.69, 9.17) is 10.5 Å². The highest BCUT2D eigenvalue weighted by atomic mass is 16.5. The zero-order chi connectivity index (χ0) is 13.3. The van der Waals surface area contributed by atoms with Gasteiger partial charge in [-0.2, -0.15) is 0 Å². The lowest BCUT2D eigenvalue weighted by Gasteiger charge is -2.22. The summed E-state index contributed by atoms with van der Waals surface area (Å²) in [5.74, 6) is -0.546. The van der Waals surface area contributed by atoms with Gasteiger partial charge in [-0.25, -0.2) is 9.59 Å². The van der Waals surface area contributed by atoms with E-state index in [1.165, 1.54) is 12.0 Å². The molecular weight excluding hydrogens is 234 g/mol. The van der Waals surface area contributed by atoms with Crippen molar-refractivity contribution in [2.24, 2.45) is 0 Å². The van der Waals surface area contributed by atoms with Gasteiger partial charge < -0.3 is 15.8 Å². The highest BCUT2D eigenvalue weighted by Gasteiger charge is 2.32. The molecule has 1 aliphatic heterocycles. The molecule has 0 aromatic heterocycles. The van der Waals surface area contributed by atoms with Gasteiger partial charge in [0.05, 0.1) is 18.8 Å². The SMILES string of the molecule is COC(=O)c1c(N)cccc1N1C(=O)NCC1C. The number of benzene rings is 1. The van der Waals surface area contributed by atoms with Crippen molar-refractivity contribution in [1.29, 1.82) is 0 Å². The molecule has 1 atom stereocenters. The zero-order valence-corrected chi connectivity index (χ0v) is 10.3. The fourth-order valence-electron chi connectivity index (χ4n) is 2.04. The minimum atomic E-state index is -0.546. The number of carbonyl (C=O) groups is 2. The standard InChI is InChI=1S/C12H15N3O3/c1-7-6-14-12(17)15(7)9-5-3-4-8(13)10(9)11(16)18-2/h3-5,7H,6,13H2,1-2H3,(H,14,17). The molecule has 18 heavy (non-hydrogen) atoms. The van der Waals surface area contributed by atoms with Crippen molar-refractivity contribution in [3.05, 3.63) is 23.8 Å². The van der Waals surface area contributed by atoms with E-state index in [9.17, 15) is 9.59 Å². The Labute approximate surface area is 105 Å². The summed E-state index contributed by atoms with van der Waals surface area (Å²) < 4.78 is 4.71. The van der Waals surface area contributed by atoms with Gasteiger partial charge in [0.1, 0.15) is 5.56 Å². The number of hydrogen-bond acceptors (Lipinski definition) is 4. The lowest BCUT2D eigenvalue weighted by Crippen LogP contribution is -2.34. The number of nitrogen functional groups attached to an aromatic ring is 1. The van der Waals surface area contributed by atoms with Crippen LogP contribution >= 0.6 is 0 Å². The summed E-state index contributed by atoms with van der Waals surface area (Å²) in [6.07, 6.45) is 0. The topological polar surface area (TPSA) is 84.7 Å². The van der Waals surface area contributed by atoms with Crippen molar-refractivity contribution >= 4 is 23.4 Å². The molecule has 0 saturated carbocycles. The second kappa shape index (κ2) is 4.56. The Kier molecular flexibility index (Phi) is 3.10. The molecule has 0 bridgehead atoms. The highest BCUT2D eigenvalue weighted by molar-refractivity contribution is 6.06. The fraction of sp³-hybridized carbons (Fsp3) is 0.333. The minimum Gasteiger partial charge on any atom is -0.465 e. The van der Waals surface area contributed by atoms with Crippen LogP contribution in [0.1, 0.15) is 17.3 Å². The Balaban J connectivity index is 2.53. The summed E-state index contributed by atoms with van der Waals surface area (Å²) in [6.45, 7) is 2.43. The van der Waals surface area contributed by atoms with Crippen molar-refractivity contribution in [2.75, 3.05) is 24.3 Å². The molecule has 2 rings (SSSR count). The van der Waals surface area contributed by atoms with E-state index < -0.39 is 5.97 Å². The van der Waals surface area contributed by atoms with Crippen molar-refractivity contribution in [3.63, 3.8) is 0 Å². The minimum absolute atomic E-state index is 0.0392. The number of hydrogen-bond donors (Lipinski definition) is 2. The molecule has 1 aliphatic rings. The number of rotatable bonds is 2. The van der Waals surface area contributed by atoms with E-state index in [2.05, 4.69) is 5.32 Å². The molecule has 96 valence electrons. The third-order valence-corrected chi connectivity index (χ3v) is 2.93. The molecule has 0 radical (unpaired) electrons. The van der Waals surface area contributed by atoms with Crippen molar-refractivity contribution < 1.29 is 14.3 Å². The summed E-state index contributed by atoms with van der Waals surface area (Å²) >= 11 is 0. The second-order valence-electron chi connectivity index (χ2n) is 4.14. The van der Waals surface area contributed by atoms with Crippen molar-refractivity contribution in [1.82, 2.24) is 5.32 Å². The van der Waals surface area contributed by atoms with Crippen LogP contribution < -0.4 is 16.0 Å². The molecule has 6 heteroatoms. The summed E-state index contributed by atoms with van der Waals surface area (Å²) in [4.78, 5) is 25.1. The second-order valence-corrected chi connectivity index (χ2v) is 4.14. The van der Waals surface area contributed by atoms with Gasteiger partial charge in [0.2, 0.25) is 0 Å². The van der Waals surface area contributed by atoms with E-state index in [-0.39, 0.29) is 17.6 Å². The van der Waals surface area contributed by atoms with Crippen LogP contribution in [-0.4, -0.2) is 31.7 Å². The van der Waals surface area contributed by atoms with Crippen LogP contribution in [0.5, 0.6) is 0 Å². The van der Waals surface area contributed by atoms with Gasteiger partial charge in [-0.15, -0.1) is 0 Å². The Hall–Kier alpha value is -2.24. The third-order valence-electron chi connectivity index (χ3n) is 2.93. The molecule has 6 nitrogen and oxygen atoms in total. The average Bonchev–Trinajstić information content (AvgIpc) is 2.68. The predicted molar refractivity (Wildman–Crippen MR) is 67.5 cm³/mol. The molecular formula is C12H15N3O3. The van der Waals surface area contributed by atoms with E-state index in [0.29, 0.717) is 17.9 Å². The number of ether oxygens (including phenoxy) is 1. The third kappa shape index (κ3) is 1.85. The molecule has 0 spiro atoms. The Morgan fingerprint density at radius 1 is 1.56 bits per heavy atom. The lowest BCUT2D eigenvalue weighted by molar-refractivity contribution is 0.0603. The molecule has 1 heterocycles. The number of methoxy groups -OCH3 is 1. The summed E-state index contributed by atoms with van der Waals surface area (Å²) in [5, 5.41) is 2.72. The van der Waals surface area contributed by atoms with Crippen LogP contribution in [-0.2, 0) is 4.74 Å². The number of nitrogens with zero attached hydrogens (tertiary/aromatic N) is 1. The first kappa shape index (κ1) is 12.2. The number of carbonyl (C=O) groups excluding carboxylic acids is 2. The van der Waals surface area contributed by atoms with Gasteiger partial charge in [-0.1, -0.05) is 6.07 Å². The van der Waals surface area contributed by atoms with Crippen LogP contribution in [0.4, 0.5) is 16.2 Å². The number of nitrogens with two attached hydrogens (primary N) is 1. The quantitative estimate of drug-likeness (QED) is 0.604. The number of esters is 1. The van der Waals surface area contributed by atoms with Crippen LogP contribution in [0.3, 0.4) is 0 Å². The molecule has 2 amide bonds. The maximum Gasteiger partial charge on any atom is 0.342 e. The average molecular weight is 249 g/mol. The number of nitrogens with one attached hydrogen (secondary N) is 1. The molecule has 1 saturated heterocycles. The molecule has 1 aromatic carbocycles. The van der Waals surface area contributed by atoms with Crippen LogP contribution in [0, 0.1) is 0 Å². The fourth-order valence-corrected chi connectivity index (χ4v) is 2.04. The summed E-state index contributed by atoms with van der Waals surface area (Å²) in [7, 11) is 1.28. The van der Waals surface area contributed by atoms with Crippen LogP contribution in [0.15, 0.2) is 18.2 Å². The molecule has 3 N–H and O–H groups in total. The van der Waals surface area contributed by atoms with Gasteiger partial charge >= 0.3 is 12.0 Å². The van der Waals surface area contributed by atoms with Crippen molar-refractivity contribution in [3.8, 4) is 0 Å². The first-order valence-corrected chi connectivity index (χ1v) is 5.60. The Morgan fingerprint density at radius 2 is 2.28 bits per heavy atom. The van der Waals surface area contributed by atoms with E-state index in [0.717, 1.165) is 0 Å². The van der Waals surface area contributed by atoms with Gasteiger partial charge in [0.15, 0.2) is 0 Å². The number of anilines is 2. The maximum atomic E-state index is 11.8. The highest BCUT2D eigenvalue weighted by Crippen LogP contribution is 2.29. The van der Waals surface area contributed by atoms with E-state index in [1.807, 2.05) is 6.92 Å². The molecule has 1 unspecified atom stereocenters. The van der Waals surface area contributed by atoms with E-state index in [1.54, 1.807) is 18.2 Å². The predicted octanol–water partition coefficient (Wildman–Crippen LogP) is 0.974. The molecule has 1 fully saturated rings. The lowest BCUT2D eigenvalue weighted by atomic mass is 10.1. The molecule has 0 aliphatic carbocycles. The van der Waals surface area contributed by atoms with Crippen LogP contribution in [0.2, 0.25) is 0 Å². The molecule has 1 aromatic rings. The normalized spacial score (nSPS) is 18.7. The van der Waals surface area contributed by atoms with Gasteiger partial charge in [-0.05, 0) is 19.1 Å². The summed E-state index contributed by atoms with van der Waals surface area (Å²) in [6, 6.07) is 4.72. The van der Waals surface area contributed by atoms with Gasteiger partial charge in [0.25, 0.3) is 0 Å². The Bertz CT molecular complexity index is 501. The number of urea groups is 1.